The van der Waals surface area contributed by atoms with Crippen molar-refractivity contribution in [3.05, 3.63) is 48.6 Å². The van der Waals surface area contributed by atoms with Crippen molar-refractivity contribution in [2.45, 2.75) is 282 Å². The molecule has 1 heterocycles. The number of hydrogen-bond acceptors (Lipinski definition) is 10. The normalized spacial score (nSPS) is 19.4. The second-order valence-corrected chi connectivity index (χ2v) is 19.0. The Morgan fingerprint density at radius 3 is 1.37 bits per heavy atom. The second kappa shape index (κ2) is 47.3. The third-order valence-electron chi connectivity index (χ3n) is 12.7. The number of aliphatic hydroxyl groups is 4. The number of aliphatic hydroxyl groups excluding tert-OH is 4. The van der Waals surface area contributed by atoms with Crippen LogP contribution in [0, 0.1) is 0 Å². The van der Waals surface area contributed by atoms with E-state index in [2.05, 4.69) is 62.5 Å². The molecule has 4 N–H and O–H groups in total. The minimum absolute atomic E-state index is 0.215. The van der Waals surface area contributed by atoms with Gasteiger partial charge in [-0.25, -0.2) is 0 Å². The van der Waals surface area contributed by atoms with Crippen LogP contribution in [0.3, 0.4) is 0 Å². The molecule has 1 fully saturated rings. The largest absolute Gasteiger partial charge is 0.462 e. The molecular formula is C57H102O10. The van der Waals surface area contributed by atoms with E-state index >= 15 is 0 Å². The summed E-state index contributed by atoms with van der Waals surface area (Å²) in [4.78, 5) is 25.5. The molecule has 1 aliphatic rings. The van der Waals surface area contributed by atoms with Gasteiger partial charge in [-0.15, -0.1) is 0 Å². The highest BCUT2D eigenvalue weighted by atomic mass is 16.7. The maximum Gasteiger partial charge on any atom is 0.306 e. The Morgan fingerprint density at radius 2 is 0.866 bits per heavy atom. The minimum atomic E-state index is -1.60. The fourth-order valence-corrected chi connectivity index (χ4v) is 8.30. The Bertz CT molecular complexity index is 1230. The first-order valence-corrected chi connectivity index (χ1v) is 27.7. The van der Waals surface area contributed by atoms with Crippen molar-refractivity contribution < 1.29 is 49.0 Å². The first-order valence-electron chi connectivity index (χ1n) is 27.7. The second-order valence-electron chi connectivity index (χ2n) is 19.0. The van der Waals surface area contributed by atoms with Crippen LogP contribution in [-0.4, -0.2) is 89.0 Å². The molecule has 0 radical (unpaired) electrons. The summed E-state index contributed by atoms with van der Waals surface area (Å²) < 4.78 is 22.2. The predicted octanol–water partition coefficient (Wildman–Crippen LogP) is 13.6. The van der Waals surface area contributed by atoms with Gasteiger partial charge < -0.3 is 39.4 Å². The molecule has 10 nitrogen and oxygen atoms in total. The third-order valence-corrected chi connectivity index (χ3v) is 12.7. The highest BCUT2D eigenvalue weighted by Gasteiger charge is 2.44. The molecule has 1 rings (SSSR count). The maximum atomic E-state index is 12.8. The lowest BCUT2D eigenvalue weighted by Crippen LogP contribution is -2.59. The van der Waals surface area contributed by atoms with Crippen molar-refractivity contribution in [3.8, 4) is 0 Å². The monoisotopic (exact) mass is 947 g/mol. The van der Waals surface area contributed by atoms with Gasteiger partial charge in [0.15, 0.2) is 12.4 Å². The molecule has 2 unspecified atom stereocenters. The van der Waals surface area contributed by atoms with Crippen molar-refractivity contribution in [2.75, 3.05) is 19.8 Å². The molecule has 0 saturated carbocycles. The van der Waals surface area contributed by atoms with Crippen LogP contribution in [0.2, 0.25) is 0 Å². The number of carbonyl (C=O) groups is 2. The standard InChI is InChI=1S/C57H102O10/c1-3-5-7-9-11-13-15-17-19-21-23-24-25-26-28-29-31-33-35-37-39-41-43-45-52(59)64-48-50(49-65-57-56(63)55(62)54(61)51(47-58)67-57)66-53(60)46-44-42-40-38-36-34-32-30-27-22-20-18-16-14-12-10-8-6-4-2/h12,14,18,20,29,31,37,39,50-51,54-58,61-63H,3-11,13,15-17,19,21-28,30,32-36,38,40-49H2,1-2H3/b14-12+,20-18+,31-29+,39-37+/t50-,51-,54+,55?,56?,57-/m0/s1. The van der Waals surface area contributed by atoms with Gasteiger partial charge in [0.1, 0.15) is 31.0 Å². The minimum Gasteiger partial charge on any atom is -0.462 e. The molecule has 0 aromatic rings. The summed E-state index contributed by atoms with van der Waals surface area (Å²) in [6, 6.07) is 0. The summed E-state index contributed by atoms with van der Waals surface area (Å²) in [5, 5.41) is 40.3. The molecule has 0 aromatic carbocycles. The van der Waals surface area contributed by atoms with Gasteiger partial charge in [0.05, 0.1) is 13.2 Å². The van der Waals surface area contributed by atoms with Gasteiger partial charge in [0, 0.05) is 12.8 Å². The van der Waals surface area contributed by atoms with Gasteiger partial charge in [-0.05, 0) is 77.0 Å². The summed E-state index contributed by atoms with van der Waals surface area (Å²) in [6.07, 6.45) is 51.3. The van der Waals surface area contributed by atoms with Crippen molar-refractivity contribution >= 4 is 11.9 Å². The number of carbonyl (C=O) groups excluding carboxylic acids is 2. The zero-order valence-electron chi connectivity index (χ0n) is 42.9. The maximum absolute atomic E-state index is 12.8. The van der Waals surface area contributed by atoms with Crippen LogP contribution in [0.25, 0.3) is 0 Å². The highest BCUT2D eigenvalue weighted by molar-refractivity contribution is 5.70. The summed E-state index contributed by atoms with van der Waals surface area (Å²) in [5.41, 5.74) is 0. The van der Waals surface area contributed by atoms with Crippen molar-refractivity contribution in [1.82, 2.24) is 0 Å². The van der Waals surface area contributed by atoms with Crippen molar-refractivity contribution in [3.63, 3.8) is 0 Å². The Balaban J connectivity index is 2.25. The first kappa shape index (κ1) is 62.7. The van der Waals surface area contributed by atoms with Gasteiger partial charge >= 0.3 is 11.9 Å². The van der Waals surface area contributed by atoms with E-state index in [1.807, 2.05) is 0 Å². The number of unbranched alkanes of at least 4 members (excludes halogenated alkanes) is 28. The topological polar surface area (TPSA) is 152 Å². The lowest BCUT2D eigenvalue weighted by atomic mass is 9.99. The van der Waals surface area contributed by atoms with Crippen LogP contribution in [0.4, 0.5) is 0 Å². The van der Waals surface area contributed by atoms with E-state index in [9.17, 15) is 30.0 Å². The Hall–Kier alpha value is -2.34. The van der Waals surface area contributed by atoms with E-state index in [1.165, 1.54) is 148 Å². The van der Waals surface area contributed by atoms with Crippen LogP contribution in [0.15, 0.2) is 48.6 Å². The molecule has 6 atom stereocenters. The quantitative estimate of drug-likeness (QED) is 0.0264. The van der Waals surface area contributed by atoms with Gasteiger partial charge in [-0.3, -0.25) is 9.59 Å². The molecule has 390 valence electrons. The third kappa shape index (κ3) is 38.1. The van der Waals surface area contributed by atoms with Crippen molar-refractivity contribution in [1.29, 1.82) is 0 Å². The SMILES string of the molecule is CCCCC/C=C/C/C=C/CCCCCCCCCCCC(=O)O[C@@H](COC(=O)CCC/C=C/CC/C=C/CCCCCCCCCCCCCCCC)CO[C@H]1O[C@@H](CO)[C@@H](O)C(O)C1O. The summed E-state index contributed by atoms with van der Waals surface area (Å²) in [7, 11) is 0. The van der Waals surface area contributed by atoms with Gasteiger partial charge in [-0.2, -0.15) is 0 Å². The lowest BCUT2D eigenvalue weighted by molar-refractivity contribution is -0.305. The van der Waals surface area contributed by atoms with E-state index in [0.29, 0.717) is 12.8 Å². The molecule has 0 bridgehead atoms. The van der Waals surface area contributed by atoms with Gasteiger partial charge in [0.25, 0.3) is 0 Å². The van der Waals surface area contributed by atoms with Crippen molar-refractivity contribution in [2.24, 2.45) is 0 Å². The zero-order chi connectivity index (χ0) is 48.7. The molecule has 0 aromatic heterocycles. The number of hydrogen-bond donors (Lipinski definition) is 4. The van der Waals surface area contributed by atoms with Crippen LogP contribution in [0.1, 0.15) is 245 Å². The smallest absolute Gasteiger partial charge is 0.306 e. The van der Waals surface area contributed by atoms with Gasteiger partial charge in [-0.1, -0.05) is 204 Å². The molecule has 10 heteroatoms. The van der Waals surface area contributed by atoms with E-state index in [0.717, 1.165) is 57.8 Å². The summed E-state index contributed by atoms with van der Waals surface area (Å²) >= 11 is 0. The average Bonchev–Trinajstić information content (AvgIpc) is 3.33. The summed E-state index contributed by atoms with van der Waals surface area (Å²) in [6.45, 7) is 3.39. The summed E-state index contributed by atoms with van der Waals surface area (Å²) in [5.74, 6) is -0.854. The Morgan fingerprint density at radius 1 is 0.463 bits per heavy atom. The van der Waals surface area contributed by atoms with E-state index in [1.54, 1.807) is 0 Å². The molecular weight excluding hydrogens is 845 g/mol. The zero-order valence-corrected chi connectivity index (χ0v) is 42.9. The first-order chi connectivity index (χ1) is 32.8. The van der Waals surface area contributed by atoms with Crippen LogP contribution in [0.5, 0.6) is 0 Å². The van der Waals surface area contributed by atoms with E-state index < -0.39 is 55.4 Å². The fourth-order valence-electron chi connectivity index (χ4n) is 8.30. The van der Waals surface area contributed by atoms with E-state index in [4.69, 9.17) is 18.9 Å². The number of ether oxygens (including phenoxy) is 4. The molecule has 67 heavy (non-hydrogen) atoms. The molecule has 0 amide bonds. The predicted molar refractivity (Wildman–Crippen MR) is 275 cm³/mol. The number of allylic oxidation sites excluding steroid dienone is 8. The number of esters is 2. The van der Waals surface area contributed by atoms with E-state index in [-0.39, 0.29) is 26.1 Å². The lowest BCUT2D eigenvalue weighted by Gasteiger charge is -2.39. The molecule has 0 aliphatic carbocycles. The Kier molecular flexibility index (Phi) is 44.3. The van der Waals surface area contributed by atoms with Crippen LogP contribution >= 0.6 is 0 Å². The highest BCUT2D eigenvalue weighted by Crippen LogP contribution is 2.23. The average molecular weight is 947 g/mol. The van der Waals surface area contributed by atoms with Crippen LogP contribution < -0.4 is 0 Å². The fraction of sp³-hybridized carbons (Fsp3) is 0.825. The van der Waals surface area contributed by atoms with Gasteiger partial charge in [0.2, 0.25) is 0 Å². The molecule has 1 aliphatic heterocycles. The molecule has 1 saturated heterocycles. The Labute approximate surface area is 409 Å². The molecule has 0 spiro atoms. The van der Waals surface area contributed by atoms with Crippen LogP contribution in [-0.2, 0) is 28.5 Å². The number of rotatable bonds is 47.